The normalized spacial score (nSPS) is 19.2. The van der Waals surface area contributed by atoms with E-state index in [2.05, 4.69) is 22.3 Å². The van der Waals surface area contributed by atoms with Crippen molar-refractivity contribution < 1.29 is 9.59 Å². The topological polar surface area (TPSA) is 64.0 Å². The summed E-state index contributed by atoms with van der Waals surface area (Å²) in [6.07, 6.45) is 3.00. The van der Waals surface area contributed by atoms with E-state index in [9.17, 15) is 9.59 Å². The van der Waals surface area contributed by atoms with Gasteiger partial charge < -0.3 is 5.32 Å². The first-order chi connectivity index (χ1) is 12.4. The van der Waals surface area contributed by atoms with Crippen LogP contribution in [0.5, 0.6) is 0 Å². The Morgan fingerprint density at radius 3 is 2.69 bits per heavy atom. The van der Waals surface area contributed by atoms with Crippen LogP contribution in [0.2, 0.25) is 0 Å². The number of hydrogen-bond donors (Lipinski definition) is 1. The van der Waals surface area contributed by atoms with Gasteiger partial charge in [-0.05, 0) is 55.2 Å². The Bertz CT molecular complexity index is 930. The summed E-state index contributed by atoms with van der Waals surface area (Å²) in [7, 11) is 1.83. The minimum atomic E-state index is -0.748. The molecule has 0 radical (unpaired) electrons. The number of amides is 1. The average Bonchev–Trinajstić information content (AvgIpc) is 3.12. The summed E-state index contributed by atoms with van der Waals surface area (Å²) in [6, 6.07) is 5.29. The molecule has 134 valence electrons. The van der Waals surface area contributed by atoms with E-state index in [4.69, 9.17) is 0 Å². The van der Waals surface area contributed by atoms with Gasteiger partial charge >= 0.3 is 0 Å². The lowest BCUT2D eigenvalue weighted by molar-refractivity contribution is -0.124. The van der Waals surface area contributed by atoms with Gasteiger partial charge in [-0.25, -0.2) is 0 Å². The van der Waals surface area contributed by atoms with Gasteiger partial charge in [-0.3, -0.25) is 14.3 Å². The first-order valence-electron chi connectivity index (χ1n) is 8.83. The first kappa shape index (κ1) is 17.9. The Hall–Kier alpha value is -2.87. The van der Waals surface area contributed by atoms with Crippen molar-refractivity contribution in [3.05, 3.63) is 52.3 Å². The molecule has 1 aliphatic rings. The number of nitrogens with zero attached hydrogens (tertiary/aromatic N) is 2. The minimum Gasteiger partial charge on any atom is -0.345 e. The summed E-state index contributed by atoms with van der Waals surface area (Å²) in [5, 5.41) is 7.18. The number of ketones is 1. The van der Waals surface area contributed by atoms with Gasteiger partial charge in [0, 0.05) is 25.2 Å². The molecule has 3 rings (SSSR count). The monoisotopic (exact) mass is 349 g/mol. The van der Waals surface area contributed by atoms with E-state index in [0.717, 1.165) is 34.4 Å². The fourth-order valence-corrected chi connectivity index (χ4v) is 3.66. The third kappa shape index (κ3) is 3.28. The van der Waals surface area contributed by atoms with Crippen molar-refractivity contribution in [1.82, 2.24) is 15.1 Å². The van der Waals surface area contributed by atoms with E-state index in [-0.39, 0.29) is 11.7 Å². The van der Waals surface area contributed by atoms with Crippen molar-refractivity contribution in [2.75, 3.05) is 0 Å². The summed E-state index contributed by atoms with van der Waals surface area (Å²) in [6.45, 7) is 5.77. The summed E-state index contributed by atoms with van der Waals surface area (Å²) >= 11 is 0. The molecule has 0 aliphatic carbocycles. The highest BCUT2D eigenvalue weighted by Gasteiger charge is 2.43. The molecule has 0 saturated carbocycles. The Balaban J connectivity index is 1.94. The predicted molar refractivity (Wildman–Crippen MR) is 99.7 cm³/mol. The van der Waals surface area contributed by atoms with Crippen LogP contribution in [0.3, 0.4) is 0 Å². The molecule has 1 aromatic heterocycles. The summed E-state index contributed by atoms with van der Waals surface area (Å²) < 4.78 is 1.70. The molecule has 1 amide bonds. The van der Waals surface area contributed by atoms with Crippen LogP contribution in [0.1, 0.15) is 47.7 Å². The molecule has 2 atom stereocenters. The smallest absolute Gasteiger partial charge is 0.235 e. The zero-order chi connectivity index (χ0) is 18.8. The number of benzene rings is 1. The fourth-order valence-electron chi connectivity index (χ4n) is 3.66. The highest BCUT2D eigenvalue weighted by Crippen LogP contribution is 2.31. The standard InChI is InChI=1S/C21H23N3O2/c1-5-7-14-10-13(3)18(15(6-2)11-14)19-20(25)17(22-21(19)26)12-16-8-9-24(4)23-16/h8-11,17,19H,6,12H2,1-4H3,(H,22,26). The van der Waals surface area contributed by atoms with E-state index < -0.39 is 12.0 Å². The third-order valence-electron chi connectivity index (χ3n) is 4.80. The second-order valence-corrected chi connectivity index (χ2v) is 6.68. The molecular formula is C21H23N3O2. The molecule has 2 heterocycles. The lowest BCUT2D eigenvalue weighted by Crippen LogP contribution is -2.31. The highest BCUT2D eigenvalue weighted by molar-refractivity contribution is 6.15. The molecule has 1 aromatic carbocycles. The Morgan fingerprint density at radius 2 is 2.08 bits per heavy atom. The number of carbonyl (C=O) groups is 2. The number of rotatable bonds is 4. The molecule has 5 nitrogen and oxygen atoms in total. The molecule has 1 fully saturated rings. The van der Waals surface area contributed by atoms with E-state index >= 15 is 0 Å². The van der Waals surface area contributed by atoms with Crippen molar-refractivity contribution >= 4 is 11.7 Å². The minimum absolute atomic E-state index is 0.0761. The Labute approximate surface area is 153 Å². The van der Waals surface area contributed by atoms with Gasteiger partial charge in [-0.1, -0.05) is 12.8 Å². The maximum absolute atomic E-state index is 13.0. The maximum Gasteiger partial charge on any atom is 0.235 e. The van der Waals surface area contributed by atoms with Crippen molar-refractivity contribution in [2.24, 2.45) is 7.05 Å². The van der Waals surface area contributed by atoms with Crippen molar-refractivity contribution in [3.8, 4) is 11.8 Å². The van der Waals surface area contributed by atoms with E-state index in [0.29, 0.717) is 6.42 Å². The average molecular weight is 349 g/mol. The number of aromatic nitrogens is 2. The number of Topliss-reactive ketones (excluding diaryl/α,β-unsaturated/α-hetero) is 1. The number of carbonyl (C=O) groups excluding carboxylic acids is 2. The zero-order valence-corrected chi connectivity index (χ0v) is 15.6. The van der Waals surface area contributed by atoms with E-state index in [1.165, 1.54) is 0 Å². The van der Waals surface area contributed by atoms with Crippen LogP contribution in [0.15, 0.2) is 24.4 Å². The highest BCUT2D eigenvalue weighted by atomic mass is 16.2. The largest absolute Gasteiger partial charge is 0.345 e. The van der Waals surface area contributed by atoms with Gasteiger partial charge in [0.15, 0.2) is 5.78 Å². The van der Waals surface area contributed by atoms with Crippen LogP contribution in [0.4, 0.5) is 0 Å². The SMILES string of the molecule is CC#Cc1cc(C)c(C2C(=O)NC(Cc3ccn(C)n3)C2=O)c(CC)c1. The maximum atomic E-state index is 13.0. The molecule has 26 heavy (non-hydrogen) atoms. The van der Waals surface area contributed by atoms with Crippen LogP contribution < -0.4 is 5.32 Å². The van der Waals surface area contributed by atoms with Gasteiger partial charge in [-0.15, -0.1) is 5.92 Å². The number of aryl methyl sites for hydroxylation is 3. The van der Waals surface area contributed by atoms with Crippen molar-refractivity contribution in [1.29, 1.82) is 0 Å². The van der Waals surface area contributed by atoms with E-state index in [1.807, 2.05) is 45.3 Å². The summed E-state index contributed by atoms with van der Waals surface area (Å²) in [5.41, 5.74) is 4.50. The van der Waals surface area contributed by atoms with Crippen molar-refractivity contribution in [3.63, 3.8) is 0 Å². The molecule has 5 heteroatoms. The van der Waals surface area contributed by atoms with Gasteiger partial charge in [0.25, 0.3) is 0 Å². The molecule has 0 bridgehead atoms. The van der Waals surface area contributed by atoms with Gasteiger partial charge in [-0.2, -0.15) is 5.10 Å². The van der Waals surface area contributed by atoms with Crippen LogP contribution in [0, 0.1) is 18.8 Å². The molecule has 2 aromatic rings. The quantitative estimate of drug-likeness (QED) is 0.679. The molecular weight excluding hydrogens is 326 g/mol. The molecule has 2 unspecified atom stereocenters. The predicted octanol–water partition coefficient (Wildman–Crippen LogP) is 2.06. The molecule has 0 spiro atoms. The van der Waals surface area contributed by atoms with E-state index in [1.54, 1.807) is 11.6 Å². The second-order valence-electron chi connectivity index (χ2n) is 6.68. The van der Waals surface area contributed by atoms with Gasteiger partial charge in [0.2, 0.25) is 5.91 Å². The van der Waals surface area contributed by atoms with Gasteiger partial charge in [0.05, 0.1) is 11.7 Å². The van der Waals surface area contributed by atoms with Crippen LogP contribution in [-0.4, -0.2) is 27.5 Å². The van der Waals surface area contributed by atoms with Crippen LogP contribution >= 0.6 is 0 Å². The summed E-state index contributed by atoms with van der Waals surface area (Å²) in [4.78, 5) is 25.6. The molecule has 1 aliphatic heterocycles. The Kier molecular flexibility index (Phi) is 4.94. The van der Waals surface area contributed by atoms with Crippen molar-refractivity contribution in [2.45, 2.75) is 45.6 Å². The van der Waals surface area contributed by atoms with Crippen LogP contribution in [-0.2, 0) is 29.5 Å². The van der Waals surface area contributed by atoms with Crippen LogP contribution in [0.25, 0.3) is 0 Å². The van der Waals surface area contributed by atoms with Gasteiger partial charge in [0.1, 0.15) is 5.92 Å². The lowest BCUT2D eigenvalue weighted by Gasteiger charge is -2.16. The number of nitrogens with one attached hydrogen (secondary N) is 1. The third-order valence-corrected chi connectivity index (χ3v) is 4.80. The first-order valence-corrected chi connectivity index (χ1v) is 8.83. The summed E-state index contributed by atoms with van der Waals surface area (Å²) in [5.74, 6) is 4.92. The lowest BCUT2D eigenvalue weighted by atomic mass is 9.84. The molecule has 1 saturated heterocycles. The number of hydrogen-bond acceptors (Lipinski definition) is 3. The fraction of sp³-hybridized carbons (Fsp3) is 0.381. The Morgan fingerprint density at radius 1 is 1.31 bits per heavy atom. The molecule has 1 N–H and O–H groups in total. The zero-order valence-electron chi connectivity index (χ0n) is 15.6. The second kappa shape index (κ2) is 7.17.